The summed E-state index contributed by atoms with van der Waals surface area (Å²) in [7, 11) is 5.69. The summed E-state index contributed by atoms with van der Waals surface area (Å²) in [6.45, 7) is 6.49. The number of methoxy groups -OCH3 is 1. The van der Waals surface area contributed by atoms with Gasteiger partial charge in [-0.1, -0.05) is 0 Å². The van der Waals surface area contributed by atoms with Crippen LogP contribution < -0.4 is 24.8 Å². The van der Waals surface area contributed by atoms with Gasteiger partial charge >= 0.3 is 6.03 Å². The number of amides is 2. The Morgan fingerprint density at radius 1 is 1.00 bits per heavy atom. The molecule has 0 fully saturated rings. The number of fused-ring (bicyclic) bond motifs is 2. The number of ketones is 1. The number of anilines is 2. The van der Waals surface area contributed by atoms with E-state index in [-0.39, 0.29) is 11.5 Å². The highest BCUT2D eigenvalue weighted by atomic mass is 16.5. The lowest BCUT2D eigenvalue weighted by molar-refractivity contribution is 0.101. The Hall–Kier alpha value is -4.76. The third-order valence-electron chi connectivity index (χ3n) is 7.23. The van der Waals surface area contributed by atoms with Crippen molar-refractivity contribution in [3.05, 3.63) is 83.2 Å². The Balaban J connectivity index is 1.26. The molecule has 9 heteroatoms. The Labute approximate surface area is 245 Å². The summed E-state index contributed by atoms with van der Waals surface area (Å²) in [4.78, 5) is 28.2. The lowest BCUT2D eigenvalue weighted by Gasteiger charge is -2.11. The second-order valence-electron chi connectivity index (χ2n) is 10.4. The summed E-state index contributed by atoms with van der Waals surface area (Å²) in [5.74, 6) is 1.93. The minimum Gasteiger partial charge on any atom is -0.497 e. The van der Waals surface area contributed by atoms with E-state index in [0.717, 1.165) is 53.2 Å². The van der Waals surface area contributed by atoms with E-state index in [2.05, 4.69) is 27.0 Å². The highest BCUT2D eigenvalue weighted by Crippen LogP contribution is 2.36. The summed E-state index contributed by atoms with van der Waals surface area (Å²) in [5.41, 5.74) is 4.49. The second kappa shape index (κ2) is 12.4. The van der Waals surface area contributed by atoms with Crippen molar-refractivity contribution in [2.24, 2.45) is 0 Å². The van der Waals surface area contributed by atoms with Crippen molar-refractivity contribution in [3.63, 3.8) is 0 Å². The Morgan fingerprint density at radius 2 is 1.71 bits per heavy atom. The van der Waals surface area contributed by atoms with Crippen LogP contribution in [0.3, 0.4) is 0 Å². The van der Waals surface area contributed by atoms with Gasteiger partial charge in [0.25, 0.3) is 0 Å². The van der Waals surface area contributed by atoms with E-state index in [1.807, 2.05) is 51.4 Å². The molecule has 218 valence electrons. The van der Waals surface area contributed by atoms with Gasteiger partial charge in [-0.25, -0.2) is 4.79 Å². The number of aromatic nitrogens is 1. The molecule has 0 saturated heterocycles. The number of ether oxygens (including phenoxy) is 3. The summed E-state index contributed by atoms with van der Waals surface area (Å²) >= 11 is 0. The first-order chi connectivity index (χ1) is 20.3. The van der Waals surface area contributed by atoms with Gasteiger partial charge in [0.1, 0.15) is 17.2 Å². The van der Waals surface area contributed by atoms with Crippen molar-refractivity contribution in [2.45, 2.75) is 26.8 Å². The van der Waals surface area contributed by atoms with Crippen molar-refractivity contribution in [2.75, 3.05) is 45.0 Å². The number of hydrogen-bond acceptors (Lipinski definition) is 6. The summed E-state index contributed by atoms with van der Waals surface area (Å²) in [6.07, 6.45) is 2.72. The van der Waals surface area contributed by atoms with E-state index in [1.165, 1.54) is 0 Å². The summed E-state index contributed by atoms with van der Waals surface area (Å²) in [6, 6.07) is 17.7. The lowest BCUT2D eigenvalue weighted by atomic mass is 10.1. The molecule has 1 aliphatic rings. The van der Waals surface area contributed by atoms with Crippen LogP contribution in [0.25, 0.3) is 17.0 Å². The number of rotatable bonds is 10. The first kappa shape index (κ1) is 28.8. The lowest BCUT2D eigenvalue weighted by Crippen LogP contribution is -2.19. The highest BCUT2D eigenvalue weighted by Gasteiger charge is 2.29. The van der Waals surface area contributed by atoms with Crippen molar-refractivity contribution < 1.29 is 23.8 Å². The normalized spacial score (nSPS) is 13.4. The number of carbonyl (C=O) groups excluding carboxylic acids is 2. The van der Waals surface area contributed by atoms with Crippen LogP contribution in [0.4, 0.5) is 16.2 Å². The quantitative estimate of drug-likeness (QED) is 0.166. The van der Waals surface area contributed by atoms with Gasteiger partial charge in [-0.2, -0.15) is 0 Å². The fourth-order valence-electron chi connectivity index (χ4n) is 5.10. The zero-order valence-corrected chi connectivity index (χ0v) is 24.6. The van der Waals surface area contributed by atoms with Crippen LogP contribution >= 0.6 is 0 Å². The number of allylic oxidation sites excluding steroid dienone is 1. The number of aryl methyl sites for hydroxylation is 1. The molecule has 2 heterocycles. The minimum absolute atomic E-state index is 0.233. The number of nitrogens with one attached hydrogen (secondary N) is 2. The molecule has 2 amide bonds. The molecular weight excluding hydrogens is 532 g/mol. The van der Waals surface area contributed by atoms with Gasteiger partial charge in [0.2, 0.25) is 5.78 Å². The summed E-state index contributed by atoms with van der Waals surface area (Å²) in [5, 5.41) is 6.59. The van der Waals surface area contributed by atoms with Crippen LogP contribution in [0.15, 0.2) is 66.4 Å². The number of urea groups is 1. The molecule has 0 spiro atoms. The third-order valence-corrected chi connectivity index (χ3v) is 7.23. The van der Waals surface area contributed by atoms with Crippen LogP contribution in [-0.2, 0) is 6.54 Å². The SMILES string of the molecule is CCn1c(C)c(C=C2Oc3ccc(NC(=O)Nc4ccc(OCCCN(C)C)cc4)cc3C2=O)c2cc(OC)ccc21. The molecule has 1 aliphatic heterocycles. The molecule has 2 N–H and O–H groups in total. The van der Waals surface area contributed by atoms with Gasteiger partial charge in [-0.3, -0.25) is 4.79 Å². The molecule has 1 aromatic heterocycles. The van der Waals surface area contributed by atoms with Gasteiger partial charge in [-0.15, -0.1) is 0 Å². The predicted molar refractivity (Wildman–Crippen MR) is 166 cm³/mol. The maximum absolute atomic E-state index is 13.4. The maximum Gasteiger partial charge on any atom is 0.323 e. The second-order valence-corrected chi connectivity index (χ2v) is 10.4. The average Bonchev–Trinajstić information content (AvgIpc) is 3.43. The molecule has 9 nitrogen and oxygen atoms in total. The topological polar surface area (TPSA) is 94.1 Å². The van der Waals surface area contributed by atoms with Gasteiger partial charge in [-0.05, 0) is 101 Å². The predicted octanol–water partition coefficient (Wildman–Crippen LogP) is 6.57. The first-order valence-corrected chi connectivity index (χ1v) is 14.0. The zero-order valence-electron chi connectivity index (χ0n) is 24.6. The Bertz CT molecular complexity index is 1650. The van der Waals surface area contributed by atoms with Crippen molar-refractivity contribution in [1.82, 2.24) is 9.47 Å². The molecular formula is C33H36N4O5. The maximum atomic E-state index is 13.4. The van der Waals surface area contributed by atoms with E-state index in [9.17, 15) is 9.59 Å². The van der Waals surface area contributed by atoms with Gasteiger partial charge < -0.3 is 34.3 Å². The molecule has 0 bridgehead atoms. The van der Waals surface area contributed by atoms with Crippen molar-refractivity contribution in [3.8, 4) is 17.2 Å². The average molecular weight is 569 g/mol. The molecule has 0 atom stereocenters. The number of benzene rings is 3. The minimum atomic E-state index is -0.423. The van der Waals surface area contributed by atoms with Crippen LogP contribution in [0.1, 0.15) is 35.0 Å². The molecule has 5 rings (SSSR count). The van der Waals surface area contributed by atoms with Crippen molar-refractivity contribution >= 4 is 40.2 Å². The molecule has 0 saturated carbocycles. The van der Waals surface area contributed by atoms with Gasteiger partial charge in [0.05, 0.1) is 19.3 Å². The van der Waals surface area contributed by atoms with Crippen LogP contribution in [0.5, 0.6) is 17.2 Å². The molecule has 0 unspecified atom stereocenters. The molecule has 4 aromatic rings. The fourth-order valence-corrected chi connectivity index (χ4v) is 5.10. The third kappa shape index (κ3) is 6.11. The van der Waals surface area contributed by atoms with E-state index in [4.69, 9.17) is 14.2 Å². The monoisotopic (exact) mass is 568 g/mol. The van der Waals surface area contributed by atoms with Gasteiger partial charge in [0, 0.05) is 46.6 Å². The van der Waals surface area contributed by atoms with Crippen LogP contribution in [0.2, 0.25) is 0 Å². The number of Topliss-reactive ketones (excluding diaryl/α,β-unsaturated/α-hetero) is 1. The number of carbonyl (C=O) groups is 2. The molecule has 0 radical (unpaired) electrons. The molecule has 3 aromatic carbocycles. The van der Waals surface area contributed by atoms with E-state index in [1.54, 1.807) is 43.5 Å². The van der Waals surface area contributed by atoms with E-state index in [0.29, 0.717) is 29.3 Å². The standard InChI is InChI=1S/C33H36N4O5/c1-6-37-21(2)26(27-19-25(40-5)13-14-29(27)37)20-31-32(38)28-18-23(10-15-30(28)42-31)35-33(39)34-22-8-11-24(12-9-22)41-17-7-16-36(3)4/h8-15,18-20H,6-7,16-17H2,1-5H3,(H2,34,35,39). The molecule has 42 heavy (non-hydrogen) atoms. The zero-order chi connectivity index (χ0) is 29.8. The van der Waals surface area contributed by atoms with Gasteiger partial charge in [0.15, 0.2) is 5.76 Å². The smallest absolute Gasteiger partial charge is 0.323 e. The van der Waals surface area contributed by atoms with E-state index >= 15 is 0 Å². The Morgan fingerprint density at radius 3 is 2.43 bits per heavy atom. The Kier molecular flexibility index (Phi) is 8.49. The first-order valence-electron chi connectivity index (χ1n) is 14.0. The van der Waals surface area contributed by atoms with Crippen LogP contribution in [-0.4, -0.2) is 55.6 Å². The molecule has 0 aliphatic carbocycles. The summed E-state index contributed by atoms with van der Waals surface area (Å²) < 4.78 is 19.3. The fraction of sp³-hybridized carbons (Fsp3) is 0.273. The van der Waals surface area contributed by atoms with Crippen molar-refractivity contribution in [1.29, 1.82) is 0 Å². The largest absolute Gasteiger partial charge is 0.497 e. The number of nitrogens with zero attached hydrogens (tertiary/aromatic N) is 2. The highest BCUT2D eigenvalue weighted by molar-refractivity contribution is 6.16. The van der Waals surface area contributed by atoms with Crippen LogP contribution in [0, 0.1) is 6.92 Å². The number of hydrogen-bond donors (Lipinski definition) is 2. The van der Waals surface area contributed by atoms with E-state index < -0.39 is 6.03 Å².